The summed E-state index contributed by atoms with van der Waals surface area (Å²) in [5, 5.41) is 20.7. The molecule has 0 aliphatic rings. The van der Waals surface area contributed by atoms with Crippen molar-refractivity contribution in [2.75, 3.05) is 0 Å². The summed E-state index contributed by atoms with van der Waals surface area (Å²) in [6.07, 6.45) is 1.51. The number of aromatic nitrogens is 5. The van der Waals surface area contributed by atoms with Gasteiger partial charge in [0.1, 0.15) is 12.2 Å². The van der Waals surface area contributed by atoms with Crippen LogP contribution >= 0.6 is 0 Å². The lowest BCUT2D eigenvalue weighted by molar-refractivity contribution is -0.136. The highest BCUT2D eigenvalue weighted by molar-refractivity contribution is 5.69. The third-order valence-electron chi connectivity index (χ3n) is 3.13. The SMILES string of the molecule is CC(C)(C)c1noc(-c2ccn3c(CC(=O)O)nnc3c2)n1. The van der Waals surface area contributed by atoms with Crippen molar-refractivity contribution in [2.45, 2.75) is 32.6 Å². The van der Waals surface area contributed by atoms with Gasteiger partial charge in [-0.3, -0.25) is 9.20 Å². The molecule has 22 heavy (non-hydrogen) atoms. The first-order valence-corrected chi connectivity index (χ1v) is 6.74. The maximum atomic E-state index is 10.8. The molecule has 0 fully saturated rings. The number of hydrogen-bond acceptors (Lipinski definition) is 6. The van der Waals surface area contributed by atoms with Crippen LogP contribution in [0, 0.1) is 0 Å². The molecule has 0 saturated carbocycles. The number of carbonyl (C=O) groups is 1. The zero-order chi connectivity index (χ0) is 15.9. The smallest absolute Gasteiger partial charge is 0.311 e. The lowest BCUT2D eigenvalue weighted by Gasteiger charge is -2.10. The Balaban J connectivity index is 1.99. The van der Waals surface area contributed by atoms with Gasteiger partial charge in [-0.2, -0.15) is 4.98 Å². The van der Waals surface area contributed by atoms with Crippen LogP contribution in [-0.4, -0.2) is 35.8 Å². The van der Waals surface area contributed by atoms with Crippen LogP contribution < -0.4 is 0 Å². The summed E-state index contributed by atoms with van der Waals surface area (Å²) in [5.74, 6) is 0.436. The van der Waals surface area contributed by atoms with Gasteiger partial charge < -0.3 is 9.63 Å². The first-order chi connectivity index (χ1) is 10.3. The molecule has 3 aromatic rings. The maximum Gasteiger partial charge on any atom is 0.311 e. The van der Waals surface area contributed by atoms with E-state index in [9.17, 15) is 4.79 Å². The van der Waals surface area contributed by atoms with Gasteiger partial charge in [0.15, 0.2) is 11.5 Å². The van der Waals surface area contributed by atoms with E-state index in [4.69, 9.17) is 9.63 Å². The van der Waals surface area contributed by atoms with Gasteiger partial charge in [0.05, 0.1) is 0 Å². The molecule has 114 valence electrons. The fourth-order valence-electron chi connectivity index (χ4n) is 1.97. The van der Waals surface area contributed by atoms with E-state index in [1.54, 1.807) is 22.7 Å². The van der Waals surface area contributed by atoms with Gasteiger partial charge in [0.25, 0.3) is 5.89 Å². The number of pyridine rings is 1. The molecule has 0 radical (unpaired) electrons. The number of hydrogen-bond donors (Lipinski definition) is 1. The minimum Gasteiger partial charge on any atom is -0.481 e. The number of rotatable bonds is 3. The second kappa shape index (κ2) is 4.90. The molecular formula is C14H15N5O3. The molecule has 0 aromatic carbocycles. The zero-order valence-corrected chi connectivity index (χ0v) is 12.4. The Hall–Kier alpha value is -2.77. The summed E-state index contributed by atoms with van der Waals surface area (Å²) >= 11 is 0. The molecule has 0 aliphatic heterocycles. The Morgan fingerprint density at radius 2 is 2.14 bits per heavy atom. The van der Waals surface area contributed by atoms with Crippen molar-refractivity contribution in [1.82, 2.24) is 24.7 Å². The van der Waals surface area contributed by atoms with Crippen LogP contribution in [0.2, 0.25) is 0 Å². The predicted molar refractivity (Wildman–Crippen MR) is 76.3 cm³/mol. The molecule has 3 rings (SSSR count). The lowest BCUT2D eigenvalue weighted by Crippen LogP contribution is -2.13. The normalized spacial score (nSPS) is 12.0. The van der Waals surface area contributed by atoms with E-state index in [-0.39, 0.29) is 11.8 Å². The van der Waals surface area contributed by atoms with Crippen LogP contribution in [-0.2, 0) is 16.6 Å². The van der Waals surface area contributed by atoms with Crippen molar-refractivity contribution in [3.8, 4) is 11.5 Å². The molecule has 1 N–H and O–H groups in total. The Morgan fingerprint density at radius 3 is 2.77 bits per heavy atom. The van der Waals surface area contributed by atoms with Crippen LogP contribution in [0.1, 0.15) is 32.4 Å². The van der Waals surface area contributed by atoms with Crippen molar-refractivity contribution in [3.63, 3.8) is 0 Å². The Labute approximate surface area is 125 Å². The van der Waals surface area contributed by atoms with Gasteiger partial charge in [-0.05, 0) is 12.1 Å². The molecule has 0 unspecified atom stereocenters. The van der Waals surface area contributed by atoms with Crippen LogP contribution in [0.15, 0.2) is 22.9 Å². The van der Waals surface area contributed by atoms with Crippen LogP contribution in [0.5, 0.6) is 0 Å². The Kier molecular flexibility index (Phi) is 3.16. The summed E-state index contributed by atoms with van der Waals surface area (Å²) in [6, 6.07) is 3.50. The van der Waals surface area contributed by atoms with Crippen LogP contribution in [0.4, 0.5) is 0 Å². The molecule has 8 nitrogen and oxygen atoms in total. The molecule has 8 heteroatoms. The highest BCUT2D eigenvalue weighted by Crippen LogP contribution is 2.24. The van der Waals surface area contributed by atoms with Gasteiger partial charge in [-0.25, -0.2) is 0 Å². The fraction of sp³-hybridized carbons (Fsp3) is 0.357. The third kappa shape index (κ3) is 2.54. The number of nitrogens with zero attached hydrogens (tertiary/aromatic N) is 5. The Bertz CT molecular complexity index is 844. The van der Waals surface area contributed by atoms with Crippen molar-refractivity contribution < 1.29 is 14.4 Å². The van der Waals surface area contributed by atoms with E-state index in [0.717, 1.165) is 0 Å². The van der Waals surface area contributed by atoms with Crippen molar-refractivity contribution in [2.24, 2.45) is 0 Å². The minimum absolute atomic E-state index is 0.185. The van der Waals surface area contributed by atoms with E-state index >= 15 is 0 Å². The largest absolute Gasteiger partial charge is 0.481 e. The quantitative estimate of drug-likeness (QED) is 0.784. The highest BCUT2D eigenvalue weighted by Gasteiger charge is 2.21. The number of aliphatic carboxylic acids is 1. The molecule has 0 atom stereocenters. The van der Waals surface area contributed by atoms with Gasteiger partial charge in [0.2, 0.25) is 0 Å². The average Bonchev–Trinajstić information content (AvgIpc) is 3.04. The van der Waals surface area contributed by atoms with Gasteiger partial charge >= 0.3 is 5.97 Å². The molecule has 0 bridgehead atoms. The zero-order valence-electron chi connectivity index (χ0n) is 12.4. The standard InChI is InChI=1S/C14H15N5O3/c1-14(2,3)13-15-12(22-18-13)8-4-5-19-9(6-8)16-17-10(19)7-11(20)21/h4-6H,7H2,1-3H3,(H,20,21). The second-order valence-corrected chi connectivity index (χ2v) is 6.00. The molecule has 0 spiro atoms. The topological polar surface area (TPSA) is 106 Å². The van der Waals surface area contributed by atoms with Gasteiger partial charge in [-0.1, -0.05) is 25.9 Å². The first kappa shape index (κ1) is 14.2. The van der Waals surface area contributed by atoms with Crippen LogP contribution in [0.25, 0.3) is 17.1 Å². The Morgan fingerprint density at radius 1 is 1.36 bits per heavy atom. The fourth-order valence-corrected chi connectivity index (χ4v) is 1.97. The summed E-state index contributed by atoms with van der Waals surface area (Å²) < 4.78 is 6.91. The van der Waals surface area contributed by atoms with Crippen molar-refractivity contribution in [1.29, 1.82) is 0 Å². The predicted octanol–water partition coefficient (Wildman–Crippen LogP) is 1.70. The molecule has 3 aromatic heterocycles. The molecular weight excluding hydrogens is 286 g/mol. The summed E-state index contributed by atoms with van der Waals surface area (Å²) in [6.45, 7) is 6.00. The summed E-state index contributed by atoms with van der Waals surface area (Å²) in [4.78, 5) is 15.2. The van der Waals surface area contributed by atoms with Gasteiger partial charge in [0, 0.05) is 17.2 Å². The van der Waals surface area contributed by atoms with E-state index < -0.39 is 5.97 Å². The average molecular weight is 301 g/mol. The molecule has 0 aliphatic carbocycles. The monoisotopic (exact) mass is 301 g/mol. The van der Waals surface area contributed by atoms with Crippen LogP contribution in [0.3, 0.4) is 0 Å². The minimum atomic E-state index is -0.954. The second-order valence-electron chi connectivity index (χ2n) is 6.00. The summed E-state index contributed by atoms with van der Waals surface area (Å²) in [7, 11) is 0. The molecule has 3 heterocycles. The first-order valence-electron chi connectivity index (χ1n) is 6.74. The van der Waals surface area contributed by atoms with E-state index in [1.807, 2.05) is 20.8 Å². The maximum absolute atomic E-state index is 10.8. The molecule has 0 saturated heterocycles. The number of carboxylic acids is 1. The van der Waals surface area contributed by atoms with E-state index in [2.05, 4.69) is 20.3 Å². The van der Waals surface area contributed by atoms with Crippen molar-refractivity contribution >= 4 is 11.6 Å². The third-order valence-corrected chi connectivity index (χ3v) is 3.13. The van der Waals surface area contributed by atoms with E-state index in [0.29, 0.717) is 28.8 Å². The van der Waals surface area contributed by atoms with Gasteiger partial charge in [-0.15, -0.1) is 10.2 Å². The number of fused-ring (bicyclic) bond motifs is 1. The van der Waals surface area contributed by atoms with Crippen molar-refractivity contribution in [3.05, 3.63) is 30.0 Å². The molecule has 0 amide bonds. The highest BCUT2D eigenvalue weighted by atomic mass is 16.5. The summed E-state index contributed by atoms with van der Waals surface area (Å²) in [5.41, 5.74) is 1.05. The number of carboxylic acid groups (broad SMARTS) is 1. The lowest BCUT2D eigenvalue weighted by atomic mass is 9.96. The van der Waals surface area contributed by atoms with E-state index in [1.165, 1.54) is 0 Å².